The molecule has 0 bridgehead atoms. The van der Waals surface area contributed by atoms with Crippen LogP contribution in [0.5, 0.6) is 0 Å². The third-order valence-electron chi connectivity index (χ3n) is 5.21. The Morgan fingerprint density at radius 3 is 2.73 bits per heavy atom. The number of halogens is 1. The fraction of sp³-hybridized carbons (Fsp3) is 0.286. The summed E-state index contributed by atoms with van der Waals surface area (Å²) < 4.78 is 25.4. The summed E-state index contributed by atoms with van der Waals surface area (Å²) in [4.78, 5) is 21.8. The number of amides is 1. The number of nitrogens with zero attached hydrogens (tertiary/aromatic N) is 2. The van der Waals surface area contributed by atoms with Gasteiger partial charge in [0, 0.05) is 11.8 Å². The van der Waals surface area contributed by atoms with E-state index in [2.05, 4.69) is 20.6 Å². The summed E-state index contributed by atoms with van der Waals surface area (Å²) in [5.74, 6) is -0.0197. The number of hydrogen-bond donors (Lipinski definition) is 2. The van der Waals surface area contributed by atoms with Crippen LogP contribution in [0.4, 0.5) is 10.3 Å². The zero-order valence-corrected chi connectivity index (χ0v) is 16.6. The standard InChI is InChI=1S/C21H19FN4O3S/c22-13-4-1-3-12(9-13)14-6-7-23-21(25-14)26-16-11-29-18-15(10-28-19(16)18)24-20(27)17-5-2-8-30-17/h1-9,15-16,18-19H,10-11H2,(H,24,27)(H,23,25,26)/t15-,16+,18-,19+/m0/s1. The van der Waals surface area contributed by atoms with Gasteiger partial charge in [0.25, 0.3) is 5.91 Å². The Labute approximate surface area is 176 Å². The van der Waals surface area contributed by atoms with Crippen LogP contribution in [0, 0.1) is 5.82 Å². The van der Waals surface area contributed by atoms with Crippen molar-refractivity contribution < 1.29 is 18.7 Å². The van der Waals surface area contributed by atoms with Crippen LogP contribution in [-0.2, 0) is 9.47 Å². The largest absolute Gasteiger partial charge is 0.371 e. The highest BCUT2D eigenvalue weighted by molar-refractivity contribution is 7.12. The molecule has 2 aromatic heterocycles. The first-order valence-electron chi connectivity index (χ1n) is 9.60. The van der Waals surface area contributed by atoms with E-state index in [4.69, 9.17) is 9.47 Å². The minimum Gasteiger partial charge on any atom is -0.371 e. The maximum atomic E-state index is 13.5. The van der Waals surface area contributed by atoms with Crippen LogP contribution in [0.15, 0.2) is 54.0 Å². The monoisotopic (exact) mass is 426 g/mol. The molecular formula is C21H19FN4O3S. The Bertz CT molecular complexity index is 1050. The first-order valence-corrected chi connectivity index (χ1v) is 10.5. The Kier molecular flexibility index (Phi) is 5.16. The summed E-state index contributed by atoms with van der Waals surface area (Å²) in [6.07, 6.45) is 1.17. The maximum Gasteiger partial charge on any atom is 0.261 e. The van der Waals surface area contributed by atoms with Gasteiger partial charge in [-0.2, -0.15) is 0 Å². The van der Waals surface area contributed by atoms with Gasteiger partial charge in [-0.05, 0) is 29.6 Å². The van der Waals surface area contributed by atoms with Gasteiger partial charge >= 0.3 is 0 Å². The number of thiophene rings is 1. The average Bonchev–Trinajstić information content (AvgIpc) is 3.49. The molecule has 2 aliphatic rings. The highest BCUT2D eigenvalue weighted by Crippen LogP contribution is 2.29. The zero-order chi connectivity index (χ0) is 20.5. The second kappa shape index (κ2) is 8.10. The average molecular weight is 426 g/mol. The Morgan fingerprint density at radius 1 is 1.10 bits per heavy atom. The van der Waals surface area contributed by atoms with Gasteiger partial charge in [-0.1, -0.05) is 18.2 Å². The molecule has 1 aromatic carbocycles. The molecule has 4 atom stereocenters. The predicted molar refractivity (Wildman–Crippen MR) is 110 cm³/mol. The first-order chi connectivity index (χ1) is 14.7. The minimum absolute atomic E-state index is 0.120. The van der Waals surface area contributed by atoms with E-state index in [0.29, 0.717) is 35.3 Å². The minimum atomic E-state index is -0.317. The lowest BCUT2D eigenvalue weighted by Gasteiger charge is -2.18. The van der Waals surface area contributed by atoms with E-state index in [0.717, 1.165) is 0 Å². The zero-order valence-electron chi connectivity index (χ0n) is 15.8. The molecule has 3 aromatic rings. The summed E-state index contributed by atoms with van der Waals surface area (Å²) in [7, 11) is 0. The van der Waals surface area contributed by atoms with Crippen molar-refractivity contribution in [3.8, 4) is 11.3 Å². The van der Waals surface area contributed by atoms with Crippen LogP contribution in [0.25, 0.3) is 11.3 Å². The lowest BCUT2D eigenvalue weighted by atomic mass is 10.1. The molecule has 0 unspecified atom stereocenters. The number of carbonyl (C=O) groups excluding carboxylic acids is 1. The quantitative estimate of drug-likeness (QED) is 0.653. The summed E-state index contributed by atoms with van der Waals surface area (Å²) in [6, 6.07) is 11.3. The molecule has 154 valence electrons. The van der Waals surface area contributed by atoms with Gasteiger partial charge in [0.15, 0.2) is 0 Å². The van der Waals surface area contributed by atoms with Crippen LogP contribution in [-0.4, -0.2) is 53.4 Å². The highest BCUT2D eigenvalue weighted by atomic mass is 32.1. The molecule has 0 saturated carbocycles. The first kappa shape index (κ1) is 19.1. The molecule has 0 aliphatic carbocycles. The summed E-state index contributed by atoms with van der Waals surface area (Å²) in [5, 5.41) is 8.13. The van der Waals surface area contributed by atoms with E-state index in [9.17, 15) is 9.18 Å². The number of benzene rings is 1. The number of rotatable bonds is 5. The molecular weight excluding hydrogens is 407 g/mol. The highest BCUT2D eigenvalue weighted by Gasteiger charge is 2.48. The van der Waals surface area contributed by atoms with E-state index >= 15 is 0 Å². The van der Waals surface area contributed by atoms with Crippen molar-refractivity contribution in [1.29, 1.82) is 0 Å². The van der Waals surface area contributed by atoms with Gasteiger partial charge in [-0.15, -0.1) is 11.3 Å². The molecule has 2 N–H and O–H groups in total. The van der Waals surface area contributed by atoms with Gasteiger partial charge in [0.05, 0.1) is 35.9 Å². The summed E-state index contributed by atoms with van der Waals surface area (Å²) >= 11 is 1.40. The van der Waals surface area contributed by atoms with E-state index in [1.807, 2.05) is 11.4 Å². The SMILES string of the molecule is O=C(N[C@H]1CO[C@H]2[C@H]1OC[C@H]2Nc1nccc(-c2cccc(F)c2)n1)c1cccs1. The predicted octanol–water partition coefficient (Wildman–Crippen LogP) is 2.72. The van der Waals surface area contributed by atoms with Crippen molar-refractivity contribution in [1.82, 2.24) is 15.3 Å². The van der Waals surface area contributed by atoms with Crippen molar-refractivity contribution >= 4 is 23.2 Å². The number of hydrogen-bond acceptors (Lipinski definition) is 7. The van der Waals surface area contributed by atoms with Crippen LogP contribution >= 0.6 is 11.3 Å². The van der Waals surface area contributed by atoms with Gasteiger partial charge in [-0.3, -0.25) is 4.79 Å². The van der Waals surface area contributed by atoms with E-state index in [1.165, 1.54) is 23.5 Å². The molecule has 2 fully saturated rings. The lowest BCUT2D eigenvalue weighted by Crippen LogP contribution is -2.44. The normalized spacial score (nSPS) is 25.1. The second-order valence-corrected chi connectivity index (χ2v) is 8.13. The van der Waals surface area contributed by atoms with Crippen molar-refractivity contribution in [2.75, 3.05) is 18.5 Å². The van der Waals surface area contributed by atoms with Crippen molar-refractivity contribution in [3.05, 3.63) is 64.7 Å². The molecule has 30 heavy (non-hydrogen) atoms. The van der Waals surface area contributed by atoms with Crippen LogP contribution in [0.3, 0.4) is 0 Å². The van der Waals surface area contributed by atoms with E-state index in [1.54, 1.807) is 30.5 Å². The van der Waals surface area contributed by atoms with Crippen molar-refractivity contribution in [3.63, 3.8) is 0 Å². The fourth-order valence-corrected chi connectivity index (χ4v) is 4.42. The van der Waals surface area contributed by atoms with Crippen LogP contribution in [0.2, 0.25) is 0 Å². The topological polar surface area (TPSA) is 85.4 Å². The van der Waals surface area contributed by atoms with Crippen LogP contribution in [0.1, 0.15) is 9.67 Å². The number of anilines is 1. The molecule has 7 nitrogen and oxygen atoms in total. The lowest BCUT2D eigenvalue weighted by molar-refractivity contribution is 0.0652. The fourth-order valence-electron chi connectivity index (χ4n) is 3.80. The summed E-state index contributed by atoms with van der Waals surface area (Å²) in [6.45, 7) is 0.795. The molecule has 5 rings (SSSR count). The maximum absolute atomic E-state index is 13.5. The van der Waals surface area contributed by atoms with Gasteiger partial charge in [0.2, 0.25) is 5.95 Å². The Hall–Kier alpha value is -2.88. The molecule has 2 aliphatic heterocycles. The van der Waals surface area contributed by atoms with Gasteiger partial charge in [0.1, 0.15) is 18.0 Å². The molecule has 1 amide bonds. The van der Waals surface area contributed by atoms with E-state index in [-0.39, 0.29) is 36.0 Å². The number of aromatic nitrogens is 2. The Balaban J connectivity index is 1.25. The van der Waals surface area contributed by atoms with Crippen molar-refractivity contribution in [2.24, 2.45) is 0 Å². The third-order valence-corrected chi connectivity index (χ3v) is 6.07. The molecule has 2 saturated heterocycles. The van der Waals surface area contributed by atoms with Gasteiger partial charge in [-0.25, -0.2) is 14.4 Å². The number of ether oxygens (including phenoxy) is 2. The molecule has 9 heteroatoms. The third kappa shape index (κ3) is 3.79. The smallest absolute Gasteiger partial charge is 0.261 e. The summed E-state index contributed by atoms with van der Waals surface area (Å²) in [5.41, 5.74) is 1.30. The Morgan fingerprint density at radius 2 is 1.93 bits per heavy atom. The second-order valence-electron chi connectivity index (χ2n) is 7.18. The number of fused-ring (bicyclic) bond motifs is 1. The van der Waals surface area contributed by atoms with Crippen molar-refractivity contribution in [2.45, 2.75) is 24.3 Å². The number of nitrogens with one attached hydrogen (secondary N) is 2. The van der Waals surface area contributed by atoms with E-state index < -0.39 is 0 Å². The molecule has 0 radical (unpaired) electrons. The number of carbonyl (C=O) groups is 1. The molecule has 4 heterocycles. The molecule has 0 spiro atoms. The van der Waals surface area contributed by atoms with Gasteiger partial charge < -0.3 is 20.1 Å². The van der Waals surface area contributed by atoms with Crippen LogP contribution < -0.4 is 10.6 Å².